The van der Waals surface area contributed by atoms with E-state index >= 15 is 0 Å². The Hall–Kier alpha value is -3.45. The summed E-state index contributed by atoms with van der Waals surface area (Å²) in [4.78, 5) is 16.0. The Morgan fingerprint density at radius 2 is 2.00 bits per heavy atom. The number of ether oxygens (including phenoxy) is 2. The summed E-state index contributed by atoms with van der Waals surface area (Å²) in [6.45, 7) is 12.4. The van der Waals surface area contributed by atoms with E-state index < -0.39 is 0 Å². The molecule has 2 aliphatic heterocycles. The Bertz CT molecular complexity index is 1320. The highest BCUT2D eigenvalue weighted by Crippen LogP contribution is 2.33. The van der Waals surface area contributed by atoms with Gasteiger partial charge >= 0.3 is 0 Å². The molecule has 0 amide bonds. The lowest BCUT2D eigenvalue weighted by Crippen LogP contribution is -2.55. The van der Waals surface area contributed by atoms with Crippen LogP contribution < -0.4 is 9.80 Å². The highest BCUT2D eigenvalue weighted by atomic mass is 16.5. The van der Waals surface area contributed by atoms with Crippen LogP contribution in [0.3, 0.4) is 0 Å². The summed E-state index contributed by atoms with van der Waals surface area (Å²) in [5.74, 6) is 1.40. The van der Waals surface area contributed by atoms with E-state index in [2.05, 4.69) is 58.7 Å². The zero-order valence-electron chi connectivity index (χ0n) is 23.2. The SMILES string of the molecule is CCN(CC(C)OC)c1ccc(C2CN(CC3CN(c4ccc(C#N)c5nc(O)ccc45)CC(C)O3)C2)cn1. The fraction of sp³-hybridized carbons (Fsp3) is 0.500. The van der Waals surface area contributed by atoms with Crippen LogP contribution in [0.5, 0.6) is 5.88 Å². The normalized spacial score (nSPS) is 20.9. The van der Waals surface area contributed by atoms with Gasteiger partial charge in [-0.15, -0.1) is 0 Å². The van der Waals surface area contributed by atoms with E-state index in [4.69, 9.17) is 14.5 Å². The highest BCUT2D eigenvalue weighted by molar-refractivity contribution is 5.95. The Morgan fingerprint density at radius 3 is 2.69 bits per heavy atom. The monoisotopic (exact) mass is 530 g/mol. The summed E-state index contributed by atoms with van der Waals surface area (Å²) < 4.78 is 11.8. The van der Waals surface area contributed by atoms with Gasteiger partial charge in [0.05, 0.1) is 29.4 Å². The number of likely N-dealkylation sites (N-methyl/N-ethyl adjacent to an activating group) is 1. The average Bonchev–Trinajstić information content (AvgIpc) is 2.92. The van der Waals surface area contributed by atoms with Crippen LogP contribution in [-0.4, -0.2) is 91.2 Å². The van der Waals surface area contributed by atoms with Crippen molar-refractivity contribution in [3.63, 3.8) is 0 Å². The molecule has 2 aliphatic rings. The van der Waals surface area contributed by atoms with Gasteiger partial charge in [-0.05, 0) is 50.6 Å². The molecule has 0 saturated carbocycles. The molecule has 2 saturated heterocycles. The van der Waals surface area contributed by atoms with Gasteiger partial charge in [0.15, 0.2) is 0 Å². The van der Waals surface area contributed by atoms with Gasteiger partial charge in [-0.2, -0.15) is 5.26 Å². The van der Waals surface area contributed by atoms with Gasteiger partial charge in [0.2, 0.25) is 5.88 Å². The van der Waals surface area contributed by atoms with Gasteiger partial charge < -0.3 is 24.4 Å². The summed E-state index contributed by atoms with van der Waals surface area (Å²) >= 11 is 0. The van der Waals surface area contributed by atoms with E-state index in [1.807, 2.05) is 18.3 Å². The summed E-state index contributed by atoms with van der Waals surface area (Å²) in [5, 5.41) is 20.3. The maximum atomic E-state index is 9.89. The highest BCUT2D eigenvalue weighted by Gasteiger charge is 2.34. The van der Waals surface area contributed by atoms with Crippen molar-refractivity contribution in [2.75, 3.05) is 62.7 Å². The minimum atomic E-state index is -0.0788. The number of nitriles is 1. The first-order valence-corrected chi connectivity index (χ1v) is 13.8. The summed E-state index contributed by atoms with van der Waals surface area (Å²) in [6, 6.07) is 13.7. The fourth-order valence-electron chi connectivity index (χ4n) is 5.71. The fourth-order valence-corrected chi connectivity index (χ4v) is 5.71. The van der Waals surface area contributed by atoms with Crippen LogP contribution in [0.15, 0.2) is 42.6 Å². The first-order valence-electron chi connectivity index (χ1n) is 13.8. The topological polar surface area (TPSA) is 98.0 Å². The number of benzene rings is 1. The minimum Gasteiger partial charge on any atom is -0.493 e. The predicted octanol–water partition coefficient (Wildman–Crippen LogP) is 3.76. The van der Waals surface area contributed by atoms with Crippen molar-refractivity contribution in [1.29, 1.82) is 5.26 Å². The molecule has 0 bridgehead atoms. The molecule has 3 aromatic rings. The maximum absolute atomic E-state index is 9.89. The second-order valence-corrected chi connectivity index (χ2v) is 10.7. The number of aromatic hydroxyl groups is 1. The van der Waals surface area contributed by atoms with Gasteiger partial charge in [-0.1, -0.05) is 6.07 Å². The van der Waals surface area contributed by atoms with Crippen molar-refractivity contribution in [2.45, 2.75) is 45.0 Å². The molecule has 3 unspecified atom stereocenters. The van der Waals surface area contributed by atoms with Crippen LogP contribution >= 0.6 is 0 Å². The van der Waals surface area contributed by atoms with Crippen LogP contribution in [-0.2, 0) is 9.47 Å². The maximum Gasteiger partial charge on any atom is 0.211 e. The molecule has 0 aliphatic carbocycles. The van der Waals surface area contributed by atoms with Gasteiger partial charge in [0, 0.05) is 82.2 Å². The molecule has 0 spiro atoms. The second kappa shape index (κ2) is 11.7. The van der Waals surface area contributed by atoms with E-state index in [1.54, 1.807) is 19.2 Å². The van der Waals surface area contributed by atoms with Crippen molar-refractivity contribution >= 4 is 22.4 Å². The molecular formula is C30H38N6O3. The van der Waals surface area contributed by atoms with Gasteiger partial charge in [0.25, 0.3) is 0 Å². The lowest BCUT2D eigenvalue weighted by Gasteiger charge is -2.45. The molecule has 206 valence electrons. The third kappa shape index (κ3) is 5.93. The Morgan fingerprint density at radius 1 is 1.18 bits per heavy atom. The average molecular weight is 531 g/mol. The zero-order valence-corrected chi connectivity index (χ0v) is 23.2. The summed E-state index contributed by atoms with van der Waals surface area (Å²) in [5.41, 5.74) is 3.30. The first kappa shape index (κ1) is 27.1. The number of rotatable bonds is 9. The Kier molecular flexibility index (Phi) is 8.17. The first-order chi connectivity index (χ1) is 18.9. The Balaban J connectivity index is 1.20. The van der Waals surface area contributed by atoms with E-state index in [1.165, 1.54) is 5.56 Å². The summed E-state index contributed by atoms with van der Waals surface area (Å²) in [6.07, 6.45) is 2.34. The van der Waals surface area contributed by atoms with E-state index in [-0.39, 0.29) is 24.2 Å². The molecule has 5 rings (SSSR count). The molecule has 0 radical (unpaired) electrons. The van der Waals surface area contributed by atoms with Crippen LogP contribution in [0.1, 0.15) is 37.8 Å². The van der Waals surface area contributed by atoms with Crippen molar-refractivity contribution in [3.8, 4) is 11.9 Å². The van der Waals surface area contributed by atoms with E-state index in [0.717, 1.165) is 62.7 Å². The smallest absolute Gasteiger partial charge is 0.211 e. The number of pyridine rings is 2. The largest absolute Gasteiger partial charge is 0.493 e. The second-order valence-electron chi connectivity index (χ2n) is 10.7. The van der Waals surface area contributed by atoms with Crippen molar-refractivity contribution in [1.82, 2.24) is 14.9 Å². The van der Waals surface area contributed by atoms with Gasteiger partial charge in [0.1, 0.15) is 11.9 Å². The molecule has 2 aromatic heterocycles. The number of morpholine rings is 1. The lowest BCUT2D eigenvalue weighted by molar-refractivity contribution is -0.0435. The molecule has 9 nitrogen and oxygen atoms in total. The number of fused-ring (bicyclic) bond motifs is 1. The van der Waals surface area contributed by atoms with Crippen LogP contribution in [0.25, 0.3) is 10.9 Å². The quantitative estimate of drug-likeness (QED) is 0.443. The van der Waals surface area contributed by atoms with E-state index in [9.17, 15) is 10.4 Å². The van der Waals surface area contributed by atoms with Crippen molar-refractivity contribution in [3.05, 3.63) is 53.7 Å². The molecular weight excluding hydrogens is 492 g/mol. The molecule has 4 heterocycles. The number of hydrogen-bond acceptors (Lipinski definition) is 9. The van der Waals surface area contributed by atoms with Gasteiger partial charge in [-0.3, -0.25) is 4.90 Å². The molecule has 1 N–H and O–H groups in total. The molecule has 1 aromatic carbocycles. The number of methoxy groups -OCH3 is 1. The number of hydrogen-bond donors (Lipinski definition) is 1. The third-order valence-electron chi connectivity index (χ3n) is 7.85. The molecule has 2 fully saturated rings. The summed E-state index contributed by atoms with van der Waals surface area (Å²) in [7, 11) is 1.74. The molecule has 39 heavy (non-hydrogen) atoms. The molecule has 3 atom stereocenters. The van der Waals surface area contributed by atoms with Crippen molar-refractivity contribution < 1.29 is 14.6 Å². The van der Waals surface area contributed by atoms with Crippen molar-refractivity contribution in [2.24, 2.45) is 0 Å². The minimum absolute atomic E-state index is 0.0758. The van der Waals surface area contributed by atoms with E-state index in [0.29, 0.717) is 17.0 Å². The van der Waals surface area contributed by atoms with Gasteiger partial charge in [-0.25, -0.2) is 9.97 Å². The number of anilines is 2. The zero-order chi connectivity index (χ0) is 27.5. The standard InChI is InChI=1S/C30H38N6O3/c1-5-35(14-20(2)38-4)28-10-7-23(13-32-28)24-16-34(17-24)18-25-19-36(15-21(3)39-25)27-9-6-22(12-31)30-26(27)8-11-29(37)33-30/h6-11,13,20-21,24-25H,5,14-19H2,1-4H3,(H,33,37). The number of likely N-dealkylation sites (tertiary alicyclic amines) is 1. The third-order valence-corrected chi connectivity index (χ3v) is 7.85. The number of nitrogens with zero attached hydrogens (tertiary/aromatic N) is 6. The van der Waals surface area contributed by atoms with Crippen LogP contribution in [0, 0.1) is 11.3 Å². The molecule has 9 heteroatoms. The number of aromatic nitrogens is 2. The van der Waals surface area contributed by atoms with Crippen LogP contribution in [0.4, 0.5) is 11.5 Å². The van der Waals surface area contributed by atoms with Crippen LogP contribution in [0.2, 0.25) is 0 Å². The Labute approximate surface area is 230 Å². The lowest BCUT2D eigenvalue weighted by atomic mass is 9.92. The predicted molar refractivity (Wildman–Crippen MR) is 152 cm³/mol.